The largest absolute Gasteiger partial charge is 0.497 e. The molecule has 0 aliphatic carbocycles. The molecule has 7 heteroatoms. The molecule has 3 rings (SSSR count). The highest BCUT2D eigenvalue weighted by atomic mass is 35.5. The highest BCUT2D eigenvalue weighted by Gasteiger charge is 2.12. The lowest BCUT2D eigenvalue weighted by molar-refractivity contribution is -0.112. The summed E-state index contributed by atoms with van der Waals surface area (Å²) in [5.41, 5.74) is 2.76. The van der Waals surface area contributed by atoms with Crippen LogP contribution >= 0.6 is 11.6 Å². The zero-order valence-electron chi connectivity index (χ0n) is 17.5. The van der Waals surface area contributed by atoms with Gasteiger partial charge in [-0.05, 0) is 72.7 Å². The molecule has 0 saturated carbocycles. The van der Waals surface area contributed by atoms with Crippen LogP contribution in [0.15, 0.2) is 72.3 Å². The van der Waals surface area contributed by atoms with E-state index in [1.54, 1.807) is 80.8 Å². The molecule has 0 bridgehead atoms. The number of ether oxygens (including phenoxy) is 1. The van der Waals surface area contributed by atoms with Gasteiger partial charge >= 0.3 is 0 Å². The smallest absolute Gasteiger partial charge is 0.266 e. The summed E-state index contributed by atoms with van der Waals surface area (Å²) < 4.78 is 5.10. The zero-order valence-corrected chi connectivity index (χ0v) is 18.2. The van der Waals surface area contributed by atoms with Gasteiger partial charge in [0.05, 0.1) is 7.11 Å². The van der Waals surface area contributed by atoms with E-state index in [-0.39, 0.29) is 11.5 Å². The molecule has 0 spiro atoms. The summed E-state index contributed by atoms with van der Waals surface area (Å²) in [6.07, 6.45) is 1.46. The summed E-state index contributed by atoms with van der Waals surface area (Å²) in [5.74, 6) is -0.182. The normalized spacial score (nSPS) is 10.8. The lowest BCUT2D eigenvalue weighted by Crippen LogP contribution is -2.14. The number of methoxy groups -OCH3 is 1. The summed E-state index contributed by atoms with van der Waals surface area (Å²) in [5, 5.41) is 15.5. The van der Waals surface area contributed by atoms with Gasteiger partial charge in [0.2, 0.25) is 0 Å². The second-order valence-corrected chi connectivity index (χ2v) is 7.25. The van der Waals surface area contributed by atoms with Crippen LogP contribution in [0.1, 0.15) is 21.5 Å². The Morgan fingerprint density at radius 1 is 1.03 bits per heavy atom. The van der Waals surface area contributed by atoms with E-state index < -0.39 is 5.91 Å². The van der Waals surface area contributed by atoms with Crippen LogP contribution in [0.4, 0.5) is 11.4 Å². The third-order valence-corrected chi connectivity index (χ3v) is 5.10. The maximum Gasteiger partial charge on any atom is 0.266 e. The summed E-state index contributed by atoms with van der Waals surface area (Å²) in [7, 11) is 1.56. The Bertz CT molecular complexity index is 1230. The van der Waals surface area contributed by atoms with Crippen LogP contribution in [0.5, 0.6) is 5.75 Å². The van der Waals surface area contributed by atoms with Gasteiger partial charge in [-0.25, -0.2) is 0 Å². The third-order valence-electron chi connectivity index (χ3n) is 4.69. The molecule has 0 unspecified atom stereocenters. The monoisotopic (exact) mass is 445 g/mol. The minimum Gasteiger partial charge on any atom is -0.497 e. The Morgan fingerprint density at radius 2 is 1.75 bits per heavy atom. The van der Waals surface area contributed by atoms with E-state index in [1.165, 1.54) is 6.08 Å². The Kier molecular flexibility index (Phi) is 7.27. The fourth-order valence-electron chi connectivity index (χ4n) is 2.90. The van der Waals surface area contributed by atoms with E-state index in [2.05, 4.69) is 10.6 Å². The van der Waals surface area contributed by atoms with Crippen LogP contribution in [0.2, 0.25) is 5.02 Å². The minimum atomic E-state index is -0.550. The average Bonchev–Trinajstić information content (AvgIpc) is 2.80. The first-order chi connectivity index (χ1) is 15.4. The molecule has 0 aromatic heterocycles. The SMILES string of the molecule is COc1ccc(C(=O)Nc2cccc(/C=C(\C#N)C(=O)Nc3cccc(Cl)c3C)c2)cc1. The Morgan fingerprint density at radius 3 is 2.44 bits per heavy atom. The molecule has 0 heterocycles. The van der Waals surface area contributed by atoms with Gasteiger partial charge in [-0.3, -0.25) is 9.59 Å². The number of carbonyl (C=O) groups is 2. The molecule has 0 aliphatic heterocycles. The number of halogens is 1. The number of nitrogens with one attached hydrogen (secondary N) is 2. The van der Waals surface area contributed by atoms with Crippen molar-refractivity contribution in [3.8, 4) is 11.8 Å². The lowest BCUT2D eigenvalue weighted by atomic mass is 10.1. The molecule has 2 N–H and O–H groups in total. The zero-order chi connectivity index (χ0) is 23.1. The van der Waals surface area contributed by atoms with Gasteiger partial charge in [0.1, 0.15) is 17.4 Å². The summed E-state index contributed by atoms with van der Waals surface area (Å²) >= 11 is 6.09. The average molecular weight is 446 g/mol. The molecule has 0 saturated heterocycles. The predicted octanol–water partition coefficient (Wildman–Crippen LogP) is 5.46. The van der Waals surface area contributed by atoms with Crippen LogP contribution in [0, 0.1) is 18.3 Å². The molecule has 3 aromatic carbocycles. The molecule has 6 nitrogen and oxygen atoms in total. The van der Waals surface area contributed by atoms with Gasteiger partial charge in [-0.1, -0.05) is 29.8 Å². The first-order valence-electron chi connectivity index (χ1n) is 9.65. The molecule has 3 aromatic rings. The molecular formula is C25H20ClN3O3. The van der Waals surface area contributed by atoms with Gasteiger partial charge in [0, 0.05) is 22.0 Å². The van der Waals surface area contributed by atoms with Gasteiger partial charge < -0.3 is 15.4 Å². The van der Waals surface area contributed by atoms with Crippen molar-refractivity contribution < 1.29 is 14.3 Å². The number of anilines is 2. The van der Waals surface area contributed by atoms with E-state index in [0.29, 0.717) is 38.8 Å². The van der Waals surface area contributed by atoms with E-state index in [9.17, 15) is 14.9 Å². The van der Waals surface area contributed by atoms with E-state index in [0.717, 1.165) is 0 Å². The Balaban J connectivity index is 1.76. The molecule has 160 valence electrons. The Hall–Kier alpha value is -4.08. The van der Waals surface area contributed by atoms with Crippen LogP contribution in [0.25, 0.3) is 6.08 Å². The molecular weight excluding hydrogens is 426 g/mol. The van der Waals surface area contributed by atoms with Crippen molar-refractivity contribution in [2.75, 3.05) is 17.7 Å². The van der Waals surface area contributed by atoms with Gasteiger partial charge in [0.15, 0.2) is 0 Å². The molecule has 0 fully saturated rings. The number of hydrogen-bond donors (Lipinski definition) is 2. The van der Waals surface area contributed by atoms with Crippen molar-refractivity contribution >= 4 is 40.9 Å². The molecule has 0 atom stereocenters. The van der Waals surface area contributed by atoms with Crippen LogP contribution < -0.4 is 15.4 Å². The highest BCUT2D eigenvalue weighted by molar-refractivity contribution is 6.31. The highest BCUT2D eigenvalue weighted by Crippen LogP contribution is 2.24. The fraction of sp³-hybridized carbons (Fsp3) is 0.0800. The predicted molar refractivity (Wildman–Crippen MR) is 126 cm³/mol. The maximum atomic E-state index is 12.6. The third kappa shape index (κ3) is 5.54. The van der Waals surface area contributed by atoms with E-state index in [1.807, 2.05) is 6.07 Å². The summed E-state index contributed by atoms with van der Waals surface area (Å²) in [4.78, 5) is 25.1. The first kappa shape index (κ1) is 22.6. The van der Waals surface area contributed by atoms with E-state index >= 15 is 0 Å². The van der Waals surface area contributed by atoms with Crippen molar-refractivity contribution in [2.24, 2.45) is 0 Å². The number of rotatable bonds is 6. The second kappa shape index (κ2) is 10.3. The molecule has 0 aliphatic rings. The van der Waals surface area contributed by atoms with Gasteiger partial charge in [0.25, 0.3) is 11.8 Å². The molecule has 32 heavy (non-hydrogen) atoms. The topological polar surface area (TPSA) is 91.2 Å². The van der Waals surface area contributed by atoms with Crippen molar-refractivity contribution in [3.05, 3.63) is 94.0 Å². The number of nitriles is 1. The van der Waals surface area contributed by atoms with E-state index in [4.69, 9.17) is 16.3 Å². The van der Waals surface area contributed by atoms with Gasteiger partial charge in [-0.15, -0.1) is 0 Å². The minimum absolute atomic E-state index is 0.0805. The van der Waals surface area contributed by atoms with Gasteiger partial charge in [-0.2, -0.15) is 5.26 Å². The maximum absolute atomic E-state index is 12.6. The first-order valence-corrected chi connectivity index (χ1v) is 10.0. The molecule has 2 amide bonds. The number of amides is 2. The number of nitrogens with zero attached hydrogens (tertiary/aromatic N) is 1. The van der Waals surface area contributed by atoms with Crippen LogP contribution in [0.3, 0.4) is 0 Å². The second-order valence-electron chi connectivity index (χ2n) is 6.84. The lowest BCUT2D eigenvalue weighted by Gasteiger charge is -2.09. The van der Waals surface area contributed by atoms with Crippen LogP contribution in [-0.2, 0) is 4.79 Å². The van der Waals surface area contributed by atoms with Crippen molar-refractivity contribution in [2.45, 2.75) is 6.92 Å². The fourth-order valence-corrected chi connectivity index (χ4v) is 3.07. The summed E-state index contributed by atoms with van der Waals surface area (Å²) in [6.45, 7) is 1.78. The number of carbonyl (C=O) groups excluding carboxylic acids is 2. The number of hydrogen-bond acceptors (Lipinski definition) is 4. The Labute approximate surface area is 191 Å². The standard InChI is InChI=1S/C25H20ClN3O3/c1-16-22(26)7-4-8-23(16)29-25(31)19(15-27)13-17-5-3-6-20(14-17)28-24(30)18-9-11-21(32-2)12-10-18/h3-14H,1-2H3,(H,28,30)(H,29,31)/b19-13+. The van der Waals surface area contributed by atoms with Crippen molar-refractivity contribution in [3.63, 3.8) is 0 Å². The summed E-state index contributed by atoms with van der Waals surface area (Å²) in [6, 6.07) is 20.7. The molecule has 0 radical (unpaired) electrons. The van der Waals surface area contributed by atoms with Crippen molar-refractivity contribution in [1.29, 1.82) is 5.26 Å². The van der Waals surface area contributed by atoms with Crippen molar-refractivity contribution in [1.82, 2.24) is 0 Å². The van der Waals surface area contributed by atoms with Crippen LogP contribution in [-0.4, -0.2) is 18.9 Å². The quantitative estimate of drug-likeness (QED) is 0.389. The number of benzene rings is 3.